The third kappa shape index (κ3) is 4.71. The van der Waals surface area contributed by atoms with Crippen LogP contribution in [0.1, 0.15) is 38.1 Å². The average Bonchev–Trinajstić information content (AvgIpc) is 2.89. The van der Waals surface area contributed by atoms with E-state index in [1.807, 2.05) is 0 Å². The van der Waals surface area contributed by atoms with Crippen LogP contribution in [0.2, 0.25) is 5.02 Å². The standard InChI is InChI=1S/C18H17ClN2O4S/c1-3-25-18(24)14-10(2)15(16(20)23)26-17(14)21-13(22)8-7-11-5-4-6-12(19)9-11/h4-9H,3H2,1-2H3,(H2,20,23)(H,21,22)/b8-7+. The molecule has 1 aromatic carbocycles. The van der Waals surface area contributed by atoms with Gasteiger partial charge in [-0.3, -0.25) is 9.59 Å². The Morgan fingerprint density at radius 2 is 2.08 bits per heavy atom. The van der Waals surface area contributed by atoms with Crippen molar-refractivity contribution in [1.82, 2.24) is 0 Å². The molecule has 0 radical (unpaired) electrons. The molecule has 1 aromatic heterocycles. The molecular formula is C18H17ClN2O4S. The van der Waals surface area contributed by atoms with Gasteiger partial charge in [0.2, 0.25) is 5.91 Å². The first-order chi connectivity index (χ1) is 12.3. The van der Waals surface area contributed by atoms with Crippen molar-refractivity contribution >= 4 is 51.8 Å². The lowest BCUT2D eigenvalue weighted by Crippen LogP contribution is -2.13. The van der Waals surface area contributed by atoms with E-state index in [2.05, 4.69) is 5.32 Å². The minimum absolute atomic E-state index is 0.134. The molecule has 0 spiro atoms. The first-order valence-corrected chi connectivity index (χ1v) is 8.87. The van der Waals surface area contributed by atoms with E-state index < -0.39 is 17.8 Å². The number of hydrogen-bond donors (Lipinski definition) is 2. The number of anilines is 1. The number of amides is 2. The highest BCUT2D eigenvalue weighted by molar-refractivity contribution is 7.18. The van der Waals surface area contributed by atoms with Crippen molar-refractivity contribution in [3.63, 3.8) is 0 Å². The quantitative estimate of drug-likeness (QED) is 0.579. The van der Waals surface area contributed by atoms with Gasteiger partial charge < -0.3 is 15.8 Å². The topological polar surface area (TPSA) is 98.5 Å². The molecule has 0 aliphatic heterocycles. The van der Waals surface area contributed by atoms with Crippen LogP contribution in [-0.2, 0) is 9.53 Å². The van der Waals surface area contributed by atoms with Gasteiger partial charge in [0.1, 0.15) is 5.00 Å². The van der Waals surface area contributed by atoms with Gasteiger partial charge in [0, 0.05) is 11.1 Å². The highest BCUT2D eigenvalue weighted by Gasteiger charge is 2.25. The van der Waals surface area contributed by atoms with Crippen molar-refractivity contribution in [2.45, 2.75) is 13.8 Å². The van der Waals surface area contributed by atoms with Gasteiger partial charge in [-0.05, 0) is 43.2 Å². The van der Waals surface area contributed by atoms with Gasteiger partial charge in [0.25, 0.3) is 5.91 Å². The van der Waals surface area contributed by atoms with Crippen molar-refractivity contribution in [1.29, 1.82) is 0 Å². The van der Waals surface area contributed by atoms with E-state index in [9.17, 15) is 14.4 Å². The Morgan fingerprint density at radius 1 is 1.35 bits per heavy atom. The average molecular weight is 393 g/mol. The van der Waals surface area contributed by atoms with Crippen molar-refractivity contribution in [2.24, 2.45) is 5.73 Å². The fraction of sp³-hybridized carbons (Fsp3) is 0.167. The Labute approximate surface area is 159 Å². The van der Waals surface area contributed by atoms with Crippen LogP contribution < -0.4 is 11.1 Å². The zero-order valence-corrected chi connectivity index (χ0v) is 15.7. The molecule has 26 heavy (non-hydrogen) atoms. The first-order valence-electron chi connectivity index (χ1n) is 7.68. The van der Waals surface area contributed by atoms with Crippen LogP contribution in [0.25, 0.3) is 6.08 Å². The molecule has 1 heterocycles. The predicted octanol–water partition coefficient (Wildman–Crippen LogP) is 3.64. The summed E-state index contributed by atoms with van der Waals surface area (Å²) in [5.41, 5.74) is 6.60. The molecule has 136 valence electrons. The number of primary amides is 1. The summed E-state index contributed by atoms with van der Waals surface area (Å²) in [6.45, 7) is 3.42. The summed E-state index contributed by atoms with van der Waals surface area (Å²) in [4.78, 5) is 36.1. The molecule has 3 N–H and O–H groups in total. The molecule has 0 saturated carbocycles. The van der Waals surface area contributed by atoms with Gasteiger partial charge in [0.05, 0.1) is 17.0 Å². The van der Waals surface area contributed by atoms with E-state index in [1.165, 1.54) is 6.08 Å². The van der Waals surface area contributed by atoms with Crippen LogP contribution in [0.15, 0.2) is 30.3 Å². The van der Waals surface area contributed by atoms with Crippen molar-refractivity contribution in [3.05, 3.63) is 56.9 Å². The molecule has 0 aliphatic rings. The van der Waals surface area contributed by atoms with Crippen LogP contribution in [0.4, 0.5) is 5.00 Å². The zero-order chi connectivity index (χ0) is 19.3. The highest BCUT2D eigenvalue weighted by atomic mass is 35.5. The minimum atomic E-state index is -0.673. The van der Waals surface area contributed by atoms with Crippen molar-refractivity contribution in [2.75, 3.05) is 11.9 Å². The second-order valence-corrected chi connectivity index (χ2v) is 6.68. The van der Waals surface area contributed by atoms with Gasteiger partial charge in [-0.2, -0.15) is 0 Å². The van der Waals surface area contributed by atoms with Crippen LogP contribution in [-0.4, -0.2) is 24.4 Å². The smallest absolute Gasteiger partial charge is 0.341 e. The summed E-state index contributed by atoms with van der Waals surface area (Å²) in [5, 5.41) is 3.37. The monoisotopic (exact) mass is 392 g/mol. The lowest BCUT2D eigenvalue weighted by atomic mass is 10.1. The van der Waals surface area contributed by atoms with Gasteiger partial charge in [0.15, 0.2) is 0 Å². The maximum Gasteiger partial charge on any atom is 0.341 e. The molecule has 0 saturated heterocycles. The largest absolute Gasteiger partial charge is 0.462 e. The number of benzene rings is 1. The summed E-state index contributed by atoms with van der Waals surface area (Å²) in [5.74, 6) is -1.76. The van der Waals surface area contributed by atoms with E-state index in [-0.39, 0.29) is 22.0 Å². The Hall–Kier alpha value is -2.64. The molecule has 0 unspecified atom stereocenters. The number of carbonyl (C=O) groups excluding carboxylic acids is 3. The van der Waals surface area contributed by atoms with Crippen LogP contribution in [0, 0.1) is 6.92 Å². The molecular weight excluding hydrogens is 376 g/mol. The number of carbonyl (C=O) groups is 3. The van der Waals surface area contributed by atoms with Gasteiger partial charge in [-0.15, -0.1) is 11.3 Å². The molecule has 0 fully saturated rings. The van der Waals surface area contributed by atoms with E-state index in [0.29, 0.717) is 10.6 Å². The summed E-state index contributed by atoms with van der Waals surface area (Å²) in [6, 6.07) is 6.99. The summed E-state index contributed by atoms with van der Waals surface area (Å²) < 4.78 is 5.00. The Kier molecular flexibility index (Phi) is 6.54. The van der Waals surface area contributed by atoms with Crippen molar-refractivity contribution < 1.29 is 19.1 Å². The van der Waals surface area contributed by atoms with Gasteiger partial charge in [-0.25, -0.2) is 4.79 Å². The SMILES string of the molecule is CCOC(=O)c1c(NC(=O)/C=C/c2cccc(Cl)c2)sc(C(N)=O)c1C. The highest BCUT2D eigenvalue weighted by Crippen LogP contribution is 2.33. The minimum Gasteiger partial charge on any atom is -0.462 e. The number of ether oxygens (including phenoxy) is 1. The Balaban J connectivity index is 2.27. The van der Waals surface area contributed by atoms with E-state index >= 15 is 0 Å². The fourth-order valence-corrected chi connectivity index (χ4v) is 3.47. The van der Waals surface area contributed by atoms with Crippen LogP contribution in [0.5, 0.6) is 0 Å². The van der Waals surface area contributed by atoms with E-state index in [4.69, 9.17) is 22.1 Å². The molecule has 2 amide bonds. The molecule has 0 bridgehead atoms. The number of nitrogens with two attached hydrogens (primary N) is 1. The Morgan fingerprint density at radius 3 is 2.69 bits per heavy atom. The first kappa shape index (κ1) is 19.7. The summed E-state index contributed by atoms with van der Waals surface area (Å²) in [7, 11) is 0. The molecule has 0 aliphatic carbocycles. The molecule has 2 aromatic rings. The second-order valence-electron chi connectivity index (χ2n) is 5.22. The molecule has 2 rings (SSSR count). The summed E-state index contributed by atoms with van der Waals surface area (Å²) >= 11 is 6.84. The maximum absolute atomic E-state index is 12.2. The van der Waals surface area contributed by atoms with Crippen LogP contribution in [0.3, 0.4) is 0 Å². The van der Waals surface area contributed by atoms with Gasteiger partial charge in [-0.1, -0.05) is 23.7 Å². The zero-order valence-electron chi connectivity index (χ0n) is 14.2. The number of rotatable bonds is 6. The van der Waals surface area contributed by atoms with E-state index in [1.54, 1.807) is 44.2 Å². The number of hydrogen-bond acceptors (Lipinski definition) is 5. The van der Waals surface area contributed by atoms with Crippen LogP contribution >= 0.6 is 22.9 Å². The molecule has 0 atom stereocenters. The van der Waals surface area contributed by atoms with Crippen molar-refractivity contribution in [3.8, 4) is 0 Å². The predicted molar refractivity (Wildman–Crippen MR) is 103 cm³/mol. The third-order valence-corrected chi connectivity index (χ3v) is 4.82. The third-order valence-electron chi connectivity index (χ3n) is 3.36. The van der Waals surface area contributed by atoms with E-state index in [0.717, 1.165) is 16.9 Å². The van der Waals surface area contributed by atoms with Gasteiger partial charge >= 0.3 is 5.97 Å². The number of thiophene rings is 1. The maximum atomic E-state index is 12.2. The summed E-state index contributed by atoms with van der Waals surface area (Å²) in [6.07, 6.45) is 2.89. The fourth-order valence-electron chi connectivity index (χ4n) is 2.22. The number of nitrogens with one attached hydrogen (secondary N) is 1. The normalized spacial score (nSPS) is 10.7. The molecule has 6 nitrogen and oxygen atoms in total. The second kappa shape index (κ2) is 8.64. The number of halogens is 1. The number of esters is 1. The molecule has 8 heteroatoms. The lowest BCUT2D eigenvalue weighted by molar-refractivity contribution is -0.111. The lowest BCUT2D eigenvalue weighted by Gasteiger charge is -2.05. The Bertz CT molecular complexity index is 889.